The molecule has 0 aromatic heterocycles. The smallest absolute Gasteiger partial charge is 0.293 e. The number of nitrogen functional groups attached to an aromatic ring is 1. The van der Waals surface area contributed by atoms with E-state index in [-0.39, 0.29) is 5.69 Å². The Kier molecular flexibility index (Phi) is 4.89. The van der Waals surface area contributed by atoms with Gasteiger partial charge in [-0.25, -0.2) is 0 Å². The van der Waals surface area contributed by atoms with E-state index in [1.54, 1.807) is 13.2 Å². The highest BCUT2D eigenvalue weighted by Gasteiger charge is 2.22. The standard InChI is InChI=1S/C13H20N4O3/c1-20-11-5-7-16(8-6-11)9-10-3-2-4-12(17(18)19)13(10)15-14/h2-4,11,15H,5-9,14H2,1H3. The number of ether oxygens (including phenoxy) is 1. The van der Waals surface area contributed by atoms with Gasteiger partial charge in [-0.3, -0.25) is 20.9 Å². The Morgan fingerprint density at radius 2 is 2.20 bits per heavy atom. The fourth-order valence-electron chi connectivity index (χ4n) is 2.58. The average Bonchev–Trinajstić information content (AvgIpc) is 2.47. The first-order valence-electron chi connectivity index (χ1n) is 6.63. The van der Waals surface area contributed by atoms with Crippen molar-refractivity contribution in [1.29, 1.82) is 0 Å². The topological polar surface area (TPSA) is 93.7 Å². The molecule has 0 unspecified atom stereocenters. The highest BCUT2D eigenvalue weighted by Crippen LogP contribution is 2.29. The zero-order valence-corrected chi connectivity index (χ0v) is 11.5. The largest absolute Gasteiger partial charge is 0.381 e. The Labute approximate surface area is 117 Å². The van der Waals surface area contributed by atoms with Gasteiger partial charge in [0.15, 0.2) is 0 Å². The number of nitrogens with zero attached hydrogens (tertiary/aromatic N) is 2. The van der Waals surface area contributed by atoms with Crippen molar-refractivity contribution < 1.29 is 9.66 Å². The zero-order chi connectivity index (χ0) is 14.5. The quantitative estimate of drug-likeness (QED) is 0.482. The van der Waals surface area contributed by atoms with E-state index in [1.807, 2.05) is 6.07 Å². The van der Waals surface area contributed by atoms with Gasteiger partial charge in [-0.1, -0.05) is 12.1 Å². The zero-order valence-electron chi connectivity index (χ0n) is 11.5. The van der Waals surface area contributed by atoms with Crippen molar-refractivity contribution in [3.8, 4) is 0 Å². The van der Waals surface area contributed by atoms with Crippen LogP contribution in [0, 0.1) is 10.1 Å². The van der Waals surface area contributed by atoms with E-state index < -0.39 is 4.92 Å². The van der Waals surface area contributed by atoms with Crippen molar-refractivity contribution >= 4 is 11.4 Å². The molecule has 0 aliphatic carbocycles. The first-order valence-corrected chi connectivity index (χ1v) is 6.63. The maximum Gasteiger partial charge on any atom is 0.293 e. The lowest BCUT2D eigenvalue weighted by molar-refractivity contribution is -0.384. The predicted octanol–water partition coefficient (Wildman–Crippen LogP) is 1.49. The molecule has 7 heteroatoms. The third kappa shape index (κ3) is 3.24. The highest BCUT2D eigenvalue weighted by molar-refractivity contribution is 5.65. The van der Waals surface area contributed by atoms with E-state index in [2.05, 4.69) is 10.3 Å². The van der Waals surface area contributed by atoms with Crippen LogP contribution >= 0.6 is 0 Å². The Balaban J connectivity index is 2.10. The molecule has 1 aliphatic rings. The van der Waals surface area contributed by atoms with Crippen LogP contribution in [0.4, 0.5) is 11.4 Å². The maximum atomic E-state index is 11.0. The van der Waals surface area contributed by atoms with Crippen LogP contribution in [0.3, 0.4) is 0 Å². The summed E-state index contributed by atoms with van der Waals surface area (Å²) in [6.07, 6.45) is 2.29. The molecule has 3 N–H and O–H groups in total. The summed E-state index contributed by atoms with van der Waals surface area (Å²) in [7, 11) is 1.73. The number of nitrogens with two attached hydrogens (primary N) is 1. The van der Waals surface area contributed by atoms with Crippen molar-refractivity contribution in [3.05, 3.63) is 33.9 Å². The fraction of sp³-hybridized carbons (Fsp3) is 0.538. The molecule has 0 spiro atoms. The number of rotatable bonds is 5. The van der Waals surface area contributed by atoms with E-state index in [0.717, 1.165) is 31.5 Å². The number of anilines is 1. The lowest BCUT2D eigenvalue weighted by atomic mass is 10.1. The second-order valence-corrected chi connectivity index (χ2v) is 4.92. The minimum atomic E-state index is -0.421. The second-order valence-electron chi connectivity index (χ2n) is 4.92. The lowest BCUT2D eigenvalue weighted by Gasteiger charge is -2.31. The summed E-state index contributed by atoms with van der Waals surface area (Å²) >= 11 is 0. The summed E-state index contributed by atoms with van der Waals surface area (Å²) in [6.45, 7) is 2.49. The monoisotopic (exact) mass is 280 g/mol. The number of hydrogen-bond acceptors (Lipinski definition) is 6. The molecule has 0 amide bonds. The number of nitrogens with one attached hydrogen (secondary N) is 1. The van der Waals surface area contributed by atoms with Gasteiger partial charge in [0, 0.05) is 32.8 Å². The van der Waals surface area contributed by atoms with Gasteiger partial charge in [-0.2, -0.15) is 0 Å². The van der Waals surface area contributed by atoms with Gasteiger partial charge in [0.05, 0.1) is 11.0 Å². The molecule has 110 valence electrons. The van der Waals surface area contributed by atoms with E-state index in [4.69, 9.17) is 10.6 Å². The Morgan fingerprint density at radius 3 is 2.75 bits per heavy atom. The van der Waals surface area contributed by atoms with Gasteiger partial charge in [-0.15, -0.1) is 0 Å². The average molecular weight is 280 g/mol. The molecule has 0 radical (unpaired) electrons. The molecule has 2 rings (SSSR count). The number of nitro groups is 1. The Hall–Kier alpha value is -1.70. The molecular formula is C13H20N4O3. The van der Waals surface area contributed by atoms with Crippen LogP contribution in [0.2, 0.25) is 0 Å². The third-order valence-corrected chi connectivity index (χ3v) is 3.73. The minimum Gasteiger partial charge on any atom is -0.381 e. The first kappa shape index (κ1) is 14.7. The van der Waals surface area contributed by atoms with Gasteiger partial charge in [0.2, 0.25) is 0 Å². The molecule has 0 atom stereocenters. The van der Waals surface area contributed by atoms with Crippen LogP contribution in [0.25, 0.3) is 0 Å². The number of methoxy groups -OCH3 is 1. The molecule has 1 fully saturated rings. The summed E-state index contributed by atoms with van der Waals surface area (Å²) in [5, 5.41) is 11.0. The normalized spacial score (nSPS) is 17.1. The van der Waals surface area contributed by atoms with Crippen molar-refractivity contribution in [2.75, 3.05) is 25.6 Å². The minimum absolute atomic E-state index is 0.0109. The molecule has 20 heavy (non-hydrogen) atoms. The van der Waals surface area contributed by atoms with Crippen LogP contribution < -0.4 is 11.3 Å². The fourth-order valence-corrected chi connectivity index (χ4v) is 2.58. The molecule has 1 aromatic carbocycles. The number of hydrogen-bond donors (Lipinski definition) is 2. The van der Waals surface area contributed by atoms with Gasteiger partial charge in [-0.05, 0) is 18.4 Å². The summed E-state index contributed by atoms with van der Waals surface area (Å²) < 4.78 is 5.34. The molecule has 1 saturated heterocycles. The molecule has 0 bridgehead atoms. The number of nitro benzene ring substituents is 1. The van der Waals surface area contributed by atoms with Gasteiger partial charge in [0.25, 0.3) is 5.69 Å². The summed E-state index contributed by atoms with van der Waals surface area (Å²) in [4.78, 5) is 12.8. The first-order chi connectivity index (χ1) is 9.65. The Morgan fingerprint density at radius 1 is 1.50 bits per heavy atom. The number of para-hydroxylation sites is 1. The van der Waals surface area contributed by atoms with Crippen molar-refractivity contribution in [1.82, 2.24) is 4.90 Å². The van der Waals surface area contributed by atoms with Crippen molar-refractivity contribution in [3.63, 3.8) is 0 Å². The molecular weight excluding hydrogens is 260 g/mol. The van der Waals surface area contributed by atoms with Crippen LogP contribution in [0.15, 0.2) is 18.2 Å². The van der Waals surface area contributed by atoms with Crippen molar-refractivity contribution in [2.45, 2.75) is 25.5 Å². The SMILES string of the molecule is COC1CCN(Cc2cccc([N+](=O)[O-])c2NN)CC1. The molecule has 1 aromatic rings. The van der Waals surface area contributed by atoms with Crippen LogP contribution in [0.5, 0.6) is 0 Å². The molecule has 7 nitrogen and oxygen atoms in total. The van der Waals surface area contributed by atoms with Gasteiger partial charge in [0.1, 0.15) is 5.69 Å². The Bertz CT molecular complexity index is 473. The van der Waals surface area contributed by atoms with Gasteiger partial charge < -0.3 is 10.2 Å². The third-order valence-electron chi connectivity index (χ3n) is 3.73. The lowest BCUT2D eigenvalue weighted by Crippen LogP contribution is -2.36. The summed E-state index contributed by atoms with van der Waals surface area (Å²) in [5.74, 6) is 5.44. The number of piperidine rings is 1. The predicted molar refractivity (Wildman–Crippen MR) is 76.2 cm³/mol. The highest BCUT2D eigenvalue weighted by atomic mass is 16.6. The summed E-state index contributed by atoms with van der Waals surface area (Å²) in [5.41, 5.74) is 3.71. The van der Waals surface area contributed by atoms with Crippen LogP contribution in [-0.2, 0) is 11.3 Å². The van der Waals surface area contributed by atoms with Crippen molar-refractivity contribution in [2.24, 2.45) is 5.84 Å². The summed E-state index contributed by atoms with van der Waals surface area (Å²) in [6, 6.07) is 5.01. The van der Waals surface area contributed by atoms with E-state index in [9.17, 15) is 10.1 Å². The molecule has 0 saturated carbocycles. The van der Waals surface area contributed by atoms with Gasteiger partial charge >= 0.3 is 0 Å². The van der Waals surface area contributed by atoms with Crippen LogP contribution in [0.1, 0.15) is 18.4 Å². The number of hydrazine groups is 1. The number of benzene rings is 1. The number of likely N-dealkylation sites (tertiary alicyclic amines) is 1. The molecule has 1 heterocycles. The van der Waals surface area contributed by atoms with Crippen LogP contribution in [-0.4, -0.2) is 36.1 Å². The van der Waals surface area contributed by atoms with E-state index in [1.165, 1.54) is 6.07 Å². The van der Waals surface area contributed by atoms with E-state index >= 15 is 0 Å². The second kappa shape index (κ2) is 6.65. The molecule has 1 aliphatic heterocycles. The van der Waals surface area contributed by atoms with E-state index in [0.29, 0.717) is 18.3 Å². The maximum absolute atomic E-state index is 11.0.